The molecule has 2 aromatic carbocycles. The molecule has 0 radical (unpaired) electrons. The number of rotatable bonds is 1. The van der Waals surface area contributed by atoms with Crippen LogP contribution in [0.25, 0.3) is 0 Å². The smallest absolute Gasteiger partial charge is 0.286 e. The number of halogens is 1. The first-order chi connectivity index (χ1) is 19.7. The van der Waals surface area contributed by atoms with E-state index in [1.807, 2.05) is 24.3 Å². The predicted molar refractivity (Wildman–Crippen MR) is 161 cm³/mol. The first-order valence-electron chi connectivity index (χ1n) is 14.4. The third-order valence-corrected chi connectivity index (χ3v) is 10.9. The Bertz CT molecular complexity index is 1490. The molecule has 41 heavy (non-hydrogen) atoms. The van der Waals surface area contributed by atoms with Crippen molar-refractivity contribution in [1.29, 1.82) is 0 Å². The molecule has 1 spiro atoms. The molecule has 4 aliphatic rings. The maximum absolute atomic E-state index is 13.2. The number of hydrogen-bond acceptors (Lipinski definition) is 6. The number of fused-ring (bicyclic) bond motifs is 4. The maximum atomic E-state index is 13.2. The average Bonchev–Trinajstić information content (AvgIpc) is 3.08. The molecule has 220 valence electrons. The molecule has 2 aliphatic heterocycles. The fourth-order valence-electron chi connectivity index (χ4n) is 7.04. The molecule has 1 saturated carbocycles. The minimum absolute atomic E-state index is 0.0972. The summed E-state index contributed by atoms with van der Waals surface area (Å²) < 4.78 is 29.3. The summed E-state index contributed by atoms with van der Waals surface area (Å²) in [5, 5.41) is 17.2. The number of hydrogen-bond donors (Lipinski definition) is 2. The molecule has 1 amide bonds. The number of carbonyl (C=O) groups is 1. The number of benzene rings is 2. The Labute approximate surface area is 247 Å². The predicted octanol–water partition coefficient (Wildman–Crippen LogP) is 4.66. The standard InChI is InChI=1S/C31H38ClN3O5S/c1-39-28-11-7-24(36)12-14-41(33,38)34-30(37)21-5-10-29-27(16-21)35(17-22-4-8-25(22)28)18-31(19-40-29)13-2-3-20-15-23(32)6-9-26(20)31/h5-7,9-11,15-16,22,24-25,28,36H,2-4,8,12-14,17-19H2,1H3,(H2,33,34,37,38)/b11-7+/t22-,24-,25+,28-,31-,41+/m0/s1. The molecule has 2 heterocycles. The Hall–Kier alpha value is -2.43. The van der Waals surface area contributed by atoms with Gasteiger partial charge >= 0.3 is 0 Å². The van der Waals surface area contributed by atoms with Crippen LogP contribution in [-0.4, -0.2) is 60.0 Å². The first-order valence-corrected chi connectivity index (χ1v) is 16.6. The minimum Gasteiger partial charge on any atom is -0.490 e. The molecule has 10 heteroatoms. The van der Waals surface area contributed by atoms with E-state index in [-0.39, 0.29) is 29.6 Å². The number of aliphatic hydroxyl groups is 1. The van der Waals surface area contributed by atoms with E-state index in [0.29, 0.717) is 18.1 Å². The molecule has 3 N–H and O–H groups in total. The summed E-state index contributed by atoms with van der Waals surface area (Å²) in [5.74, 6) is 0.639. The molecule has 8 nitrogen and oxygen atoms in total. The van der Waals surface area contributed by atoms with Gasteiger partial charge in [-0.3, -0.25) is 4.79 Å². The summed E-state index contributed by atoms with van der Waals surface area (Å²) in [4.78, 5) is 15.6. The van der Waals surface area contributed by atoms with E-state index in [2.05, 4.69) is 21.4 Å². The molecule has 2 bridgehead atoms. The largest absolute Gasteiger partial charge is 0.490 e. The Morgan fingerprint density at radius 2 is 2.05 bits per heavy atom. The van der Waals surface area contributed by atoms with Gasteiger partial charge in [-0.15, -0.1) is 4.36 Å². The van der Waals surface area contributed by atoms with E-state index >= 15 is 0 Å². The normalized spacial score (nSPS) is 34.3. The van der Waals surface area contributed by atoms with Gasteiger partial charge in [0.1, 0.15) is 15.7 Å². The van der Waals surface area contributed by atoms with E-state index in [4.69, 9.17) is 26.2 Å². The fourth-order valence-corrected chi connectivity index (χ4v) is 8.29. The summed E-state index contributed by atoms with van der Waals surface area (Å²) in [6.45, 7) is 2.02. The monoisotopic (exact) mass is 599 g/mol. The highest BCUT2D eigenvalue weighted by Gasteiger charge is 2.44. The van der Waals surface area contributed by atoms with Crippen LogP contribution in [0.15, 0.2) is 52.9 Å². The second-order valence-electron chi connectivity index (χ2n) is 12.0. The number of nitrogens with two attached hydrogens (primary N) is 1. The van der Waals surface area contributed by atoms with Gasteiger partial charge < -0.3 is 19.5 Å². The van der Waals surface area contributed by atoms with Crippen LogP contribution in [0.5, 0.6) is 5.75 Å². The number of anilines is 1. The second-order valence-corrected chi connectivity index (χ2v) is 14.4. The van der Waals surface area contributed by atoms with Gasteiger partial charge in [0.15, 0.2) is 0 Å². The zero-order valence-corrected chi connectivity index (χ0v) is 24.9. The molecule has 6 rings (SSSR count). The lowest BCUT2D eigenvalue weighted by molar-refractivity contribution is 0.0126. The lowest BCUT2D eigenvalue weighted by Crippen LogP contribution is -2.49. The van der Waals surface area contributed by atoms with Crippen molar-refractivity contribution in [2.45, 2.75) is 56.1 Å². The second kappa shape index (κ2) is 11.3. The van der Waals surface area contributed by atoms with Crippen LogP contribution in [-0.2, 0) is 26.5 Å². The number of carbonyl (C=O) groups excluding carboxylic acids is 1. The van der Waals surface area contributed by atoms with Gasteiger partial charge in [-0.05, 0) is 91.8 Å². The maximum Gasteiger partial charge on any atom is 0.286 e. The van der Waals surface area contributed by atoms with E-state index in [9.17, 15) is 14.1 Å². The molecule has 2 aliphatic carbocycles. The molecular formula is C31H38ClN3O5S. The fraction of sp³-hybridized carbons (Fsp3) is 0.516. The molecule has 2 aromatic rings. The highest BCUT2D eigenvalue weighted by Crippen LogP contribution is 2.47. The van der Waals surface area contributed by atoms with Crippen LogP contribution < -0.4 is 14.8 Å². The van der Waals surface area contributed by atoms with Gasteiger partial charge in [0.25, 0.3) is 5.91 Å². The molecule has 0 saturated heterocycles. The van der Waals surface area contributed by atoms with Crippen molar-refractivity contribution in [3.63, 3.8) is 0 Å². The van der Waals surface area contributed by atoms with Gasteiger partial charge in [-0.2, -0.15) is 0 Å². The van der Waals surface area contributed by atoms with Gasteiger partial charge in [-0.1, -0.05) is 29.8 Å². The molecular weight excluding hydrogens is 562 g/mol. The topological polar surface area (TPSA) is 114 Å². The van der Waals surface area contributed by atoms with Crippen LogP contribution in [0, 0.1) is 11.8 Å². The van der Waals surface area contributed by atoms with Crippen LogP contribution in [0.1, 0.15) is 53.6 Å². The Morgan fingerprint density at radius 1 is 1.20 bits per heavy atom. The SMILES string of the molecule is CO[C@H]1/C=C/[C@H](O)CC[S@](N)(=O)=NC(=O)c2ccc3c(c2)N(C[C@@H]2CC[C@H]21)C[C@@]1(CCCc2cc(Cl)ccc21)CO3. The number of ether oxygens (including phenoxy) is 2. The zero-order chi connectivity index (χ0) is 28.8. The third-order valence-electron chi connectivity index (χ3n) is 9.38. The van der Waals surface area contributed by atoms with Crippen molar-refractivity contribution in [1.82, 2.24) is 0 Å². The van der Waals surface area contributed by atoms with E-state index < -0.39 is 21.9 Å². The summed E-state index contributed by atoms with van der Waals surface area (Å²) in [6, 6.07) is 11.5. The van der Waals surface area contributed by atoms with Gasteiger partial charge in [0, 0.05) is 42.0 Å². The van der Waals surface area contributed by atoms with Gasteiger partial charge in [-0.25, -0.2) is 9.35 Å². The summed E-state index contributed by atoms with van der Waals surface area (Å²) in [7, 11) is -1.62. The lowest BCUT2D eigenvalue weighted by atomic mass is 9.68. The highest BCUT2D eigenvalue weighted by atomic mass is 35.5. The van der Waals surface area contributed by atoms with Crippen molar-refractivity contribution in [3.05, 3.63) is 70.3 Å². The van der Waals surface area contributed by atoms with E-state index in [1.54, 1.807) is 19.3 Å². The van der Waals surface area contributed by atoms with Gasteiger partial charge in [0.05, 0.1) is 24.5 Å². The number of methoxy groups -OCH3 is 1. The Morgan fingerprint density at radius 3 is 2.83 bits per heavy atom. The lowest BCUT2D eigenvalue weighted by Gasteiger charge is -2.46. The summed E-state index contributed by atoms with van der Waals surface area (Å²) in [5.41, 5.74) is 3.46. The quantitative estimate of drug-likeness (QED) is 0.461. The van der Waals surface area contributed by atoms with Crippen LogP contribution in [0.4, 0.5) is 5.69 Å². The summed E-state index contributed by atoms with van der Waals surface area (Å²) >= 11 is 6.39. The molecule has 0 aromatic heterocycles. The summed E-state index contributed by atoms with van der Waals surface area (Å²) in [6.07, 6.45) is 7.83. The highest BCUT2D eigenvalue weighted by molar-refractivity contribution is 7.91. The zero-order valence-electron chi connectivity index (χ0n) is 23.3. The minimum atomic E-state index is -3.32. The van der Waals surface area contributed by atoms with E-state index in [1.165, 1.54) is 11.1 Å². The first kappa shape index (κ1) is 28.7. The van der Waals surface area contributed by atoms with Gasteiger partial charge in [0.2, 0.25) is 0 Å². The number of aryl methyl sites for hydroxylation is 1. The number of aliphatic hydroxyl groups excluding tert-OH is 1. The van der Waals surface area contributed by atoms with Crippen molar-refractivity contribution in [3.8, 4) is 5.75 Å². The van der Waals surface area contributed by atoms with Crippen LogP contribution in [0.2, 0.25) is 5.02 Å². The average molecular weight is 600 g/mol. The third kappa shape index (κ3) is 5.79. The van der Waals surface area contributed by atoms with Crippen LogP contribution in [0.3, 0.4) is 0 Å². The van der Waals surface area contributed by atoms with Crippen molar-refractivity contribution in [2.24, 2.45) is 21.3 Å². The molecule has 1 fully saturated rings. The molecule has 6 atom stereocenters. The van der Waals surface area contributed by atoms with Crippen molar-refractivity contribution in [2.75, 3.05) is 37.5 Å². The van der Waals surface area contributed by atoms with Crippen molar-refractivity contribution < 1.29 is 23.6 Å². The Kier molecular flexibility index (Phi) is 7.93. The number of amides is 1. The number of nitrogens with zero attached hydrogens (tertiary/aromatic N) is 2. The van der Waals surface area contributed by atoms with Crippen molar-refractivity contribution >= 4 is 33.1 Å². The molecule has 0 unspecified atom stereocenters. The Balaban J connectivity index is 1.44. The van der Waals surface area contributed by atoms with Crippen LogP contribution >= 0.6 is 11.6 Å². The van der Waals surface area contributed by atoms with E-state index in [0.717, 1.165) is 61.7 Å².